The molecule has 0 aliphatic heterocycles. The van der Waals surface area contributed by atoms with Crippen molar-refractivity contribution >= 4 is 28.6 Å². The second kappa shape index (κ2) is 5.63. The normalized spacial score (nSPS) is 13.9. The van der Waals surface area contributed by atoms with Gasteiger partial charge in [-0.3, -0.25) is 4.79 Å². The monoisotopic (exact) mass is 311 g/mol. The lowest BCUT2D eigenvalue weighted by atomic mass is 10.4. The lowest BCUT2D eigenvalue weighted by Crippen LogP contribution is -2.35. The van der Waals surface area contributed by atoms with Crippen molar-refractivity contribution in [3.05, 3.63) is 0 Å². The molecule has 0 aliphatic rings. The van der Waals surface area contributed by atoms with Gasteiger partial charge in [-0.2, -0.15) is 13.2 Å². The van der Waals surface area contributed by atoms with Crippen LogP contribution in [0.3, 0.4) is 0 Å². The van der Waals surface area contributed by atoms with E-state index in [2.05, 4.69) is 10.1 Å². The van der Waals surface area contributed by atoms with E-state index in [9.17, 15) is 18.0 Å². The summed E-state index contributed by atoms with van der Waals surface area (Å²) in [7, 11) is 1.19. The van der Waals surface area contributed by atoms with Crippen LogP contribution in [0, 0.1) is 0 Å². The Kier molecular flexibility index (Phi) is 5.61. The van der Waals surface area contributed by atoms with Crippen molar-refractivity contribution in [3.8, 4) is 0 Å². The zero-order chi connectivity index (χ0) is 10.5. The molecule has 0 fully saturated rings. The van der Waals surface area contributed by atoms with Gasteiger partial charge in [-0.15, -0.1) is 0 Å². The highest BCUT2D eigenvalue weighted by atomic mass is 127. The van der Waals surface area contributed by atoms with Crippen molar-refractivity contribution in [2.45, 2.75) is 10.1 Å². The number of hydrogen-bond donors (Lipinski definition) is 1. The van der Waals surface area contributed by atoms with Crippen LogP contribution in [0.5, 0.6) is 0 Å². The summed E-state index contributed by atoms with van der Waals surface area (Å²) in [5.74, 6) is -0.532. The standard InChI is InChI=1S/C6H9F3INO2/c1-13-5(12)4(10)2-11-3-6(7,8)9/h4,11H,2-3H2,1H3. The Hall–Kier alpha value is -0.0500. The average Bonchev–Trinajstić information content (AvgIpc) is 2.00. The van der Waals surface area contributed by atoms with Gasteiger partial charge in [0.15, 0.2) is 0 Å². The Balaban J connectivity index is 3.59. The molecule has 78 valence electrons. The van der Waals surface area contributed by atoms with Gasteiger partial charge in [0.1, 0.15) is 3.92 Å². The molecule has 0 rings (SSSR count). The van der Waals surface area contributed by atoms with E-state index in [1.54, 1.807) is 22.6 Å². The molecular formula is C6H9F3INO2. The van der Waals surface area contributed by atoms with Gasteiger partial charge in [-0.1, -0.05) is 22.6 Å². The van der Waals surface area contributed by atoms with E-state index in [4.69, 9.17) is 0 Å². The topological polar surface area (TPSA) is 38.3 Å². The third-order valence-corrected chi connectivity index (χ3v) is 2.05. The molecule has 0 aliphatic carbocycles. The number of ether oxygens (including phenoxy) is 1. The Morgan fingerprint density at radius 3 is 2.54 bits per heavy atom. The number of hydrogen-bond acceptors (Lipinski definition) is 3. The van der Waals surface area contributed by atoms with Crippen molar-refractivity contribution in [3.63, 3.8) is 0 Å². The maximum atomic E-state index is 11.6. The van der Waals surface area contributed by atoms with E-state index in [0.29, 0.717) is 0 Å². The molecule has 1 atom stereocenters. The van der Waals surface area contributed by atoms with E-state index in [1.165, 1.54) is 7.11 Å². The van der Waals surface area contributed by atoms with E-state index in [0.717, 1.165) is 0 Å². The summed E-state index contributed by atoms with van der Waals surface area (Å²) < 4.78 is 38.6. The Morgan fingerprint density at radius 2 is 2.15 bits per heavy atom. The minimum absolute atomic E-state index is 0.0489. The van der Waals surface area contributed by atoms with Gasteiger partial charge in [0, 0.05) is 6.54 Å². The van der Waals surface area contributed by atoms with E-state index in [1.807, 2.05) is 0 Å². The fourth-order valence-electron chi connectivity index (χ4n) is 0.552. The maximum Gasteiger partial charge on any atom is 0.401 e. The molecule has 0 aromatic carbocycles. The van der Waals surface area contributed by atoms with Gasteiger partial charge in [-0.25, -0.2) is 0 Å². The molecule has 0 amide bonds. The summed E-state index contributed by atoms with van der Waals surface area (Å²) in [6.45, 7) is -1.14. The predicted molar refractivity (Wildman–Crippen MR) is 48.7 cm³/mol. The van der Waals surface area contributed by atoms with Crippen molar-refractivity contribution in [2.75, 3.05) is 20.2 Å². The van der Waals surface area contributed by atoms with Crippen LogP contribution in [0.25, 0.3) is 0 Å². The summed E-state index contributed by atoms with van der Waals surface area (Å²) >= 11 is 1.71. The molecule has 7 heteroatoms. The number of halogens is 4. The second-order valence-corrected chi connectivity index (χ2v) is 3.74. The van der Waals surface area contributed by atoms with Crippen LogP contribution >= 0.6 is 22.6 Å². The van der Waals surface area contributed by atoms with Gasteiger partial charge < -0.3 is 10.1 Å². The van der Waals surface area contributed by atoms with Crippen LogP contribution < -0.4 is 5.32 Å². The molecule has 0 saturated heterocycles. The molecule has 0 heterocycles. The van der Waals surface area contributed by atoms with Crippen LogP contribution in [0.2, 0.25) is 0 Å². The quantitative estimate of drug-likeness (QED) is 0.480. The minimum atomic E-state index is -4.24. The zero-order valence-corrected chi connectivity index (χ0v) is 8.98. The Bertz CT molecular complexity index is 174. The van der Waals surface area contributed by atoms with Crippen molar-refractivity contribution in [1.29, 1.82) is 0 Å². The summed E-state index contributed by atoms with van der Waals surface area (Å²) in [6.07, 6.45) is -4.24. The first-order valence-corrected chi connectivity index (χ1v) is 4.60. The summed E-state index contributed by atoms with van der Waals surface area (Å²) in [5.41, 5.74) is 0. The molecule has 3 nitrogen and oxygen atoms in total. The lowest BCUT2D eigenvalue weighted by Gasteiger charge is -2.10. The second-order valence-electron chi connectivity index (χ2n) is 2.24. The Labute approximate surface area is 87.1 Å². The van der Waals surface area contributed by atoms with Crippen LogP contribution in [0.15, 0.2) is 0 Å². The number of rotatable bonds is 4. The maximum absolute atomic E-state index is 11.6. The van der Waals surface area contributed by atoms with Crippen LogP contribution in [0.4, 0.5) is 13.2 Å². The fourth-order valence-corrected chi connectivity index (χ4v) is 1.12. The van der Waals surface area contributed by atoms with E-state index in [-0.39, 0.29) is 6.54 Å². The SMILES string of the molecule is COC(=O)C(I)CNCC(F)(F)F. The molecule has 1 unspecified atom stereocenters. The zero-order valence-electron chi connectivity index (χ0n) is 6.82. The van der Waals surface area contributed by atoms with Crippen LogP contribution in [-0.4, -0.2) is 36.3 Å². The highest BCUT2D eigenvalue weighted by Crippen LogP contribution is 2.12. The highest BCUT2D eigenvalue weighted by Gasteiger charge is 2.27. The number of methoxy groups -OCH3 is 1. The molecular weight excluding hydrogens is 302 g/mol. The van der Waals surface area contributed by atoms with Crippen molar-refractivity contribution in [2.24, 2.45) is 0 Å². The number of nitrogens with one attached hydrogen (secondary N) is 1. The number of alkyl halides is 4. The van der Waals surface area contributed by atoms with Gasteiger partial charge in [0.05, 0.1) is 13.7 Å². The van der Waals surface area contributed by atoms with Crippen molar-refractivity contribution < 1.29 is 22.7 Å². The molecule has 0 radical (unpaired) electrons. The molecule has 1 N–H and O–H groups in total. The molecule has 13 heavy (non-hydrogen) atoms. The molecule has 0 saturated carbocycles. The molecule has 0 spiro atoms. The third-order valence-electron chi connectivity index (χ3n) is 1.11. The smallest absolute Gasteiger partial charge is 0.401 e. The Morgan fingerprint density at radius 1 is 1.62 bits per heavy atom. The summed E-state index contributed by atoms with van der Waals surface area (Å²) in [6, 6.07) is 0. The fraction of sp³-hybridized carbons (Fsp3) is 0.833. The first-order chi connectivity index (χ1) is 5.87. The molecule has 0 aromatic rings. The largest absolute Gasteiger partial charge is 0.468 e. The van der Waals surface area contributed by atoms with E-state index >= 15 is 0 Å². The summed E-state index contributed by atoms with van der Waals surface area (Å²) in [4.78, 5) is 10.7. The first kappa shape index (κ1) is 12.9. The third kappa shape index (κ3) is 7.05. The number of carbonyl (C=O) groups is 1. The number of carbonyl (C=O) groups excluding carboxylic acids is 1. The summed E-state index contributed by atoms with van der Waals surface area (Å²) in [5, 5.41) is 2.11. The van der Waals surface area contributed by atoms with Gasteiger partial charge >= 0.3 is 12.1 Å². The average molecular weight is 311 g/mol. The predicted octanol–water partition coefficient (Wildman–Crippen LogP) is 1.11. The first-order valence-electron chi connectivity index (χ1n) is 3.36. The van der Waals surface area contributed by atoms with E-state index < -0.39 is 22.6 Å². The number of esters is 1. The van der Waals surface area contributed by atoms with Crippen molar-refractivity contribution in [1.82, 2.24) is 5.32 Å². The van der Waals surface area contributed by atoms with Gasteiger partial charge in [0.25, 0.3) is 0 Å². The van der Waals surface area contributed by atoms with Crippen LogP contribution in [0.1, 0.15) is 0 Å². The van der Waals surface area contributed by atoms with Gasteiger partial charge in [0.2, 0.25) is 0 Å². The molecule has 0 bridgehead atoms. The van der Waals surface area contributed by atoms with Crippen LogP contribution in [-0.2, 0) is 9.53 Å². The lowest BCUT2D eigenvalue weighted by molar-refractivity contribution is -0.140. The molecule has 0 aromatic heterocycles. The van der Waals surface area contributed by atoms with Gasteiger partial charge in [-0.05, 0) is 0 Å². The minimum Gasteiger partial charge on any atom is -0.468 e. The highest BCUT2D eigenvalue weighted by molar-refractivity contribution is 14.1.